The van der Waals surface area contributed by atoms with Crippen LogP contribution in [-0.2, 0) is 11.3 Å². The highest BCUT2D eigenvalue weighted by atomic mass is 79.9. The number of ether oxygens (including phenoxy) is 1. The van der Waals surface area contributed by atoms with Crippen LogP contribution >= 0.6 is 27.7 Å². The van der Waals surface area contributed by atoms with Gasteiger partial charge in [-0.25, -0.2) is 0 Å². The number of rotatable bonds is 8. The maximum absolute atomic E-state index is 12.5. The number of amides is 1. The van der Waals surface area contributed by atoms with E-state index in [4.69, 9.17) is 9.15 Å². The number of nitrogens with one attached hydrogen (secondary N) is 1. The largest absolute Gasteiger partial charge is 0.495 e. The summed E-state index contributed by atoms with van der Waals surface area (Å²) in [5.74, 6) is 1.79. The first-order valence-electron chi connectivity index (χ1n) is 9.38. The lowest BCUT2D eigenvalue weighted by Crippen LogP contribution is -2.15. The Morgan fingerprint density at radius 2 is 2.13 bits per heavy atom. The summed E-state index contributed by atoms with van der Waals surface area (Å²) in [5.41, 5.74) is 1.38. The maximum atomic E-state index is 12.5. The Kier molecular flexibility index (Phi) is 6.43. The number of nitrogens with zero attached hydrogens (tertiary/aromatic N) is 3. The van der Waals surface area contributed by atoms with Crippen LogP contribution in [0.4, 0.5) is 5.69 Å². The third-order valence-corrected chi connectivity index (χ3v) is 5.90. The normalized spacial score (nSPS) is 10.9. The molecule has 0 saturated heterocycles. The quantitative estimate of drug-likeness (QED) is 0.259. The van der Waals surface area contributed by atoms with Crippen LogP contribution in [-0.4, -0.2) is 33.5 Å². The van der Waals surface area contributed by atoms with E-state index < -0.39 is 0 Å². The summed E-state index contributed by atoms with van der Waals surface area (Å²) in [4.78, 5) is 12.5. The molecule has 158 valence electrons. The van der Waals surface area contributed by atoms with Crippen LogP contribution in [0.3, 0.4) is 0 Å². The zero-order chi connectivity index (χ0) is 21.8. The molecule has 4 rings (SSSR count). The van der Waals surface area contributed by atoms with Crippen LogP contribution in [0, 0.1) is 0 Å². The molecule has 2 aromatic heterocycles. The maximum Gasteiger partial charge on any atom is 0.234 e. The molecule has 0 spiro atoms. The lowest BCUT2D eigenvalue weighted by Gasteiger charge is -2.10. The number of allylic oxidation sites excluding steroid dienone is 1. The zero-order valence-corrected chi connectivity index (χ0v) is 19.1. The molecule has 9 heteroatoms. The lowest BCUT2D eigenvalue weighted by molar-refractivity contribution is -0.113. The number of hydrogen-bond acceptors (Lipinski definition) is 6. The van der Waals surface area contributed by atoms with Crippen molar-refractivity contribution in [3.05, 3.63) is 65.7 Å². The van der Waals surface area contributed by atoms with Crippen molar-refractivity contribution >= 4 is 50.3 Å². The first-order chi connectivity index (χ1) is 15.1. The number of halogens is 1. The summed E-state index contributed by atoms with van der Waals surface area (Å²) in [6, 6.07) is 15.0. The second kappa shape index (κ2) is 9.40. The van der Waals surface area contributed by atoms with E-state index in [1.165, 1.54) is 11.8 Å². The molecule has 0 atom stereocenters. The first-order valence-corrected chi connectivity index (χ1v) is 11.2. The van der Waals surface area contributed by atoms with Gasteiger partial charge in [-0.05, 0) is 36.4 Å². The monoisotopic (exact) mass is 498 g/mol. The van der Waals surface area contributed by atoms with Gasteiger partial charge in [-0.1, -0.05) is 45.9 Å². The zero-order valence-electron chi connectivity index (χ0n) is 16.7. The fourth-order valence-corrected chi connectivity index (χ4v) is 4.19. The van der Waals surface area contributed by atoms with Gasteiger partial charge in [0.15, 0.2) is 10.9 Å². The highest BCUT2D eigenvalue weighted by Crippen LogP contribution is 2.31. The molecule has 0 fully saturated rings. The van der Waals surface area contributed by atoms with E-state index >= 15 is 0 Å². The number of aromatic nitrogens is 3. The number of carbonyl (C=O) groups excluding carboxylic acids is 1. The highest BCUT2D eigenvalue weighted by molar-refractivity contribution is 9.10. The minimum atomic E-state index is -0.169. The third kappa shape index (κ3) is 4.67. The minimum Gasteiger partial charge on any atom is -0.495 e. The number of furan rings is 1. The van der Waals surface area contributed by atoms with Gasteiger partial charge >= 0.3 is 0 Å². The summed E-state index contributed by atoms with van der Waals surface area (Å²) in [6.07, 6.45) is 1.76. The third-order valence-electron chi connectivity index (χ3n) is 4.44. The fraction of sp³-hybridized carbons (Fsp3) is 0.136. The van der Waals surface area contributed by atoms with Crippen molar-refractivity contribution < 1.29 is 13.9 Å². The number of para-hydroxylation sites is 2. The molecule has 31 heavy (non-hydrogen) atoms. The van der Waals surface area contributed by atoms with Crippen molar-refractivity contribution in [2.24, 2.45) is 0 Å². The van der Waals surface area contributed by atoms with Gasteiger partial charge in [0.2, 0.25) is 11.7 Å². The molecule has 7 nitrogen and oxygen atoms in total. The minimum absolute atomic E-state index is 0.167. The van der Waals surface area contributed by atoms with Gasteiger partial charge in [-0.15, -0.1) is 16.8 Å². The molecule has 0 saturated carbocycles. The average Bonchev–Trinajstić information content (AvgIpc) is 3.36. The van der Waals surface area contributed by atoms with E-state index in [-0.39, 0.29) is 11.7 Å². The van der Waals surface area contributed by atoms with Crippen molar-refractivity contribution in [1.29, 1.82) is 0 Å². The summed E-state index contributed by atoms with van der Waals surface area (Å²) in [6.45, 7) is 4.31. The van der Waals surface area contributed by atoms with Crippen molar-refractivity contribution in [2.45, 2.75) is 11.7 Å². The predicted octanol–water partition coefficient (Wildman–Crippen LogP) is 5.38. The van der Waals surface area contributed by atoms with Gasteiger partial charge < -0.3 is 14.5 Å². The van der Waals surface area contributed by atoms with Crippen molar-refractivity contribution in [3.8, 4) is 17.3 Å². The molecule has 0 aliphatic heterocycles. The molecular formula is C22H19BrN4O3S. The van der Waals surface area contributed by atoms with Crippen molar-refractivity contribution in [1.82, 2.24) is 14.8 Å². The molecule has 1 amide bonds. The SMILES string of the molecule is C=CCn1c(SCC(=O)Nc2ccccc2OC)nnc1-c1cc2cc(Br)ccc2o1. The van der Waals surface area contributed by atoms with Gasteiger partial charge in [-0.3, -0.25) is 9.36 Å². The van der Waals surface area contributed by atoms with Crippen LogP contribution < -0.4 is 10.1 Å². The molecule has 1 N–H and O–H groups in total. The van der Waals surface area contributed by atoms with E-state index in [0.717, 1.165) is 15.4 Å². The van der Waals surface area contributed by atoms with E-state index in [9.17, 15) is 4.79 Å². The number of carbonyl (C=O) groups is 1. The van der Waals surface area contributed by atoms with E-state index in [1.807, 2.05) is 41.0 Å². The molecule has 4 aromatic rings. The Bertz CT molecular complexity index is 1250. The summed E-state index contributed by atoms with van der Waals surface area (Å²) >= 11 is 4.76. The molecule has 0 aliphatic rings. The molecule has 0 aliphatic carbocycles. The van der Waals surface area contributed by atoms with Crippen LogP contribution in [0.25, 0.3) is 22.6 Å². The van der Waals surface area contributed by atoms with Gasteiger partial charge in [0.05, 0.1) is 18.6 Å². The summed E-state index contributed by atoms with van der Waals surface area (Å²) in [7, 11) is 1.57. The van der Waals surface area contributed by atoms with E-state index in [2.05, 4.69) is 38.0 Å². The fourth-order valence-electron chi connectivity index (χ4n) is 3.06. The lowest BCUT2D eigenvalue weighted by atomic mass is 10.2. The molecule has 0 radical (unpaired) electrons. The smallest absolute Gasteiger partial charge is 0.234 e. The number of anilines is 1. The molecule has 2 aromatic carbocycles. The molecule has 2 heterocycles. The van der Waals surface area contributed by atoms with Gasteiger partial charge in [0.1, 0.15) is 11.3 Å². The topological polar surface area (TPSA) is 82.2 Å². The Labute approximate surface area is 191 Å². The van der Waals surface area contributed by atoms with Crippen LogP contribution in [0.15, 0.2) is 75.2 Å². The van der Waals surface area contributed by atoms with Gasteiger partial charge in [0, 0.05) is 16.4 Å². The summed E-state index contributed by atoms with van der Waals surface area (Å²) < 4.78 is 14.1. The van der Waals surface area contributed by atoms with Crippen LogP contribution in [0.5, 0.6) is 5.75 Å². The highest BCUT2D eigenvalue weighted by Gasteiger charge is 2.18. The Morgan fingerprint density at radius 3 is 2.94 bits per heavy atom. The Morgan fingerprint density at radius 1 is 1.29 bits per heavy atom. The van der Waals surface area contributed by atoms with Crippen molar-refractivity contribution in [2.75, 3.05) is 18.2 Å². The molecular weight excluding hydrogens is 480 g/mol. The first kappa shape index (κ1) is 21.2. The average molecular weight is 499 g/mol. The summed E-state index contributed by atoms with van der Waals surface area (Å²) in [5, 5.41) is 13.0. The Hall–Kier alpha value is -3.04. The Balaban J connectivity index is 1.53. The number of thioether (sulfide) groups is 1. The molecule has 0 unspecified atom stereocenters. The standard InChI is InChI=1S/C22H19BrN4O3S/c1-3-10-27-21(19-12-14-11-15(23)8-9-17(14)30-19)25-26-22(27)31-13-20(28)24-16-6-4-5-7-18(16)29-2/h3-9,11-12H,1,10,13H2,2H3,(H,24,28). The van der Waals surface area contributed by atoms with Gasteiger partial charge in [0.25, 0.3) is 0 Å². The van der Waals surface area contributed by atoms with Gasteiger partial charge in [-0.2, -0.15) is 0 Å². The second-order valence-electron chi connectivity index (χ2n) is 6.54. The number of methoxy groups -OCH3 is 1. The number of hydrogen-bond donors (Lipinski definition) is 1. The van der Waals surface area contributed by atoms with E-state index in [0.29, 0.717) is 34.7 Å². The van der Waals surface area contributed by atoms with Crippen LogP contribution in [0.2, 0.25) is 0 Å². The predicted molar refractivity (Wildman–Crippen MR) is 125 cm³/mol. The molecule has 0 bridgehead atoms. The number of benzene rings is 2. The van der Waals surface area contributed by atoms with Crippen LogP contribution in [0.1, 0.15) is 0 Å². The van der Waals surface area contributed by atoms with E-state index in [1.54, 1.807) is 25.3 Å². The van der Waals surface area contributed by atoms with Crippen molar-refractivity contribution in [3.63, 3.8) is 0 Å². The second-order valence-corrected chi connectivity index (χ2v) is 8.39. The number of fused-ring (bicyclic) bond motifs is 1.